The molecular formula is C20H31N3O. The normalized spacial score (nSPS) is 19.5. The average Bonchev–Trinajstić information content (AvgIpc) is 3.35. The van der Waals surface area contributed by atoms with Gasteiger partial charge in [0, 0.05) is 32.2 Å². The number of carbonyl (C=O) groups is 1. The zero-order chi connectivity index (χ0) is 17.2. The largest absolute Gasteiger partial charge is 0.338 e. The van der Waals surface area contributed by atoms with Crippen LogP contribution >= 0.6 is 0 Å². The number of urea groups is 1. The van der Waals surface area contributed by atoms with Crippen molar-refractivity contribution in [3.63, 3.8) is 0 Å². The van der Waals surface area contributed by atoms with Gasteiger partial charge in [0.2, 0.25) is 0 Å². The van der Waals surface area contributed by atoms with Crippen molar-refractivity contribution in [3.05, 3.63) is 35.4 Å². The molecule has 4 heteroatoms. The summed E-state index contributed by atoms with van der Waals surface area (Å²) in [6.07, 6.45) is 3.62. The lowest BCUT2D eigenvalue weighted by Crippen LogP contribution is -2.54. The molecule has 1 aromatic rings. The van der Waals surface area contributed by atoms with Crippen molar-refractivity contribution in [2.24, 2.45) is 11.3 Å². The molecule has 2 aliphatic rings. The second-order valence-electron chi connectivity index (χ2n) is 8.47. The molecule has 1 aliphatic carbocycles. The minimum absolute atomic E-state index is 0.0146. The van der Waals surface area contributed by atoms with E-state index in [4.69, 9.17) is 0 Å². The van der Waals surface area contributed by atoms with Crippen LogP contribution in [-0.4, -0.2) is 36.6 Å². The van der Waals surface area contributed by atoms with Crippen LogP contribution in [-0.2, 0) is 13.0 Å². The molecule has 1 heterocycles. The van der Waals surface area contributed by atoms with Crippen molar-refractivity contribution >= 4 is 6.03 Å². The molecule has 1 saturated carbocycles. The molecule has 0 spiro atoms. The van der Waals surface area contributed by atoms with Gasteiger partial charge in [0.15, 0.2) is 0 Å². The number of hydrogen-bond acceptors (Lipinski definition) is 2. The molecule has 1 aromatic carbocycles. The van der Waals surface area contributed by atoms with Crippen LogP contribution in [0, 0.1) is 11.3 Å². The van der Waals surface area contributed by atoms with Gasteiger partial charge in [-0.25, -0.2) is 4.79 Å². The Morgan fingerprint density at radius 1 is 1.25 bits per heavy atom. The molecular weight excluding hydrogens is 298 g/mol. The molecule has 3 rings (SSSR count). The van der Waals surface area contributed by atoms with Gasteiger partial charge in [0.1, 0.15) is 0 Å². The number of carbonyl (C=O) groups excluding carboxylic acids is 1. The smallest absolute Gasteiger partial charge is 0.315 e. The summed E-state index contributed by atoms with van der Waals surface area (Å²) in [4.78, 5) is 14.7. The van der Waals surface area contributed by atoms with Crippen molar-refractivity contribution in [2.75, 3.05) is 19.6 Å². The minimum atomic E-state index is -0.0146. The highest BCUT2D eigenvalue weighted by atomic mass is 16.2. The number of nitrogens with one attached hydrogen (secondary N) is 2. The van der Waals surface area contributed by atoms with E-state index in [-0.39, 0.29) is 17.5 Å². The number of benzene rings is 1. The first kappa shape index (κ1) is 17.3. The number of rotatable bonds is 5. The van der Waals surface area contributed by atoms with Gasteiger partial charge in [-0.1, -0.05) is 45.0 Å². The lowest BCUT2D eigenvalue weighted by molar-refractivity contribution is 0.161. The van der Waals surface area contributed by atoms with Crippen molar-refractivity contribution in [1.82, 2.24) is 15.5 Å². The van der Waals surface area contributed by atoms with E-state index in [0.29, 0.717) is 5.92 Å². The van der Waals surface area contributed by atoms with Crippen molar-refractivity contribution in [2.45, 2.75) is 52.6 Å². The van der Waals surface area contributed by atoms with E-state index in [1.54, 1.807) is 0 Å². The maximum atomic E-state index is 12.2. The van der Waals surface area contributed by atoms with E-state index in [1.165, 1.54) is 24.0 Å². The number of amides is 2. The first-order chi connectivity index (χ1) is 11.4. The maximum Gasteiger partial charge on any atom is 0.315 e. The van der Waals surface area contributed by atoms with E-state index in [0.717, 1.165) is 32.6 Å². The summed E-state index contributed by atoms with van der Waals surface area (Å²) in [5.41, 5.74) is 2.93. The fraction of sp³-hybridized carbons (Fsp3) is 0.650. The summed E-state index contributed by atoms with van der Waals surface area (Å²) in [5, 5.41) is 6.25. The van der Waals surface area contributed by atoms with E-state index >= 15 is 0 Å². The van der Waals surface area contributed by atoms with E-state index < -0.39 is 0 Å². The Morgan fingerprint density at radius 3 is 2.62 bits per heavy atom. The van der Waals surface area contributed by atoms with E-state index in [2.05, 4.69) is 60.6 Å². The lowest BCUT2D eigenvalue weighted by atomic mass is 9.86. The Balaban J connectivity index is 1.57. The second kappa shape index (κ2) is 7.14. The highest BCUT2D eigenvalue weighted by Gasteiger charge is 2.30. The molecule has 1 aliphatic heterocycles. The van der Waals surface area contributed by atoms with Crippen molar-refractivity contribution < 1.29 is 4.79 Å². The lowest BCUT2D eigenvalue weighted by Gasteiger charge is -2.37. The molecule has 132 valence electrons. The van der Waals surface area contributed by atoms with Gasteiger partial charge in [-0.05, 0) is 41.7 Å². The van der Waals surface area contributed by atoms with Gasteiger partial charge in [0.25, 0.3) is 0 Å². The Hall–Kier alpha value is -1.55. The number of hydrogen-bond donors (Lipinski definition) is 2. The summed E-state index contributed by atoms with van der Waals surface area (Å²) >= 11 is 0. The average molecular weight is 329 g/mol. The van der Waals surface area contributed by atoms with Crippen LogP contribution in [0.4, 0.5) is 4.79 Å². The Bertz CT molecular complexity index is 574. The molecule has 4 nitrogen and oxygen atoms in total. The summed E-state index contributed by atoms with van der Waals surface area (Å²) in [6, 6.07) is 8.83. The van der Waals surface area contributed by atoms with Gasteiger partial charge in [-0.3, -0.25) is 4.90 Å². The fourth-order valence-corrected chi connectivity index (χ4v) is 3.27. The van der Waals surface area contributed by atoms with E-state index in [9.17, 15) is 4.79 Å². The van der Waals surface area contributed by atoms with Crippen LogP contribution in [0.1, 0.15) is 44.7 Å². The van der Waals surface area contributed by atoms with Gasteiger partial charge < -0.3 is 10.6 Å². The highest BCUT2D eigenvalue weighted by Crippen LogP contribution is 2.27. The monoisotopic (exact) mass is 329 g/mol. The Labute approximate surface area is 146 Å². The van der Waals surface area contributed by atoms with Crippen molar-refractivity contribution in [1.29, 1.82) is 0 Å². The minimum Gasteiger partial charge on any atom is -0.338 e. The van der Waals surface area contributed by atoms with Gasteiger partial charge in [-0.15, -0.1) is 0 Å². The second-order valence-corrected chi connectivity index (χ2v) is 8.47. The standard InChI is InChI=1S/C20H31N3O/c1-20(2,3)18(22-19(24)21-12-15-8-9-15)14-23-11-10-16-6-4-5-7-17(16)13-23/h4-7,15,18H,8-14H2,1-3H3,(H2,21,22,24). The third kappa shape index (κ3) is 4.73. The van der Waals surface area contributed by atoms with Crippen LogP contribution in [0.3, 0.4) is 0 Å². The molecule has 2 amide bonds. The quantitative estimate of drug-likeness (QED) is 0.871. The van der Waals surface area contributed by atoms with Crippen LogP contribution < -0.4 is 10.6 Å². The molecule has 0 aromatic heterocycles. The third-order valence-electron chi connectivity index (χ3n) is 5.25. The zero-order valence-corrected chi connectivity index (χ0v) is 15.3. The van der Waals surface area contributed by atoms with E-state index in [1.807, 2.05) is 0 Å². The summed E-state index contributed by atoms with van der Waals surface area (Å²) < 4.78 is 0. The molecule has 1 atom stereocenters. The highest BCUT2D eigenvalue weighted by molar-refractivity contribution is 5.74. The Morgan fingerprint density at radius 2 is 1.96 bits per heavy atom. The third-order valence-corrected chi connectivity index (χ3v) is 5.25. The molecule has 2 N–H and O–H groups in total. The van der Waals surface area contributed by atoms with Crippen molar-refractivity contribution in [3.8, 4) is 0 Å². The summed E-state index contributed by atoms with van der Waals surface area (Å²) in [6.45, 7) is 10.4. The van der Waals surface area contributed by atoms with Gasteiger partial charge >= 0.3 is 6.03 Å². The molecule has 1 unspecified atom stereocenters. The summed E-state index contributed by atoms with van der Waals surface area (Å²) in [5.74, 6) is 0.711. The molecule has 0 bridgehead atoms. The van der Waals surface area contributed by atoms with Gasteiger partial charge in [-0.2, -0.15) is 0 Å². The van der Waals surface area contributed by atoms with Crippen LogP contribution in [0.5, 0.6) is 0 Å². The molecule has 1 fully saturated rings. The Kier molecular flexibility index (Phi) is 5.14. The van der Waals surface area contributed by atoms with Crippen LogP contribution in [0.25, 0.3) is 0 Å². The summed E-state index contributed by atoms with van der Waals surface area (Å²) in [7, 11) is 0. The molecule has 0 radical (unpaired) electrons. The maximum absolute atomic E-state index is 12.2. The number of fused-ring (bicyclic) bond motifs is 1. The SMILES string of the molecule is CC(C)(C)C(CN1CCc2ccccc2C1)NC(=O)NCC1CC1. The zero-order valence-electron chi connectivity index (χ0n) is 15.3. The first-order valence-corrected chi connectivity index (χ1v) is 9.25. The predicted molar refractivity (Wildman–Crippen MR) is 97.9 cm³/mol. The fourth-order valence-electron chi connectivity index (χ4n) is 3.27. The van der Waals surface area contributed by atoms with Crippen LogP contribution in [0.15, 0.2) is 24.3 Å². The number of nitrogens with zero attached hydrogens (tertiary/aromatic N) is 1. The molecule has 0 saturated heterocycles. The van der Waals surface area contributed by atoms with Crippen LogP contribution in [0.2, 0.25) is 0 Å². The predicted octanol–water partition coefficient (Wildman–Crippen LogP) is 3.17. The molecule has 24 heavy (non-hydrogen) atoms. The van der Waals surface area contributed by atoms with Gasteiger partial charge in [0.05, 0.1) is 0 Å². The topological polar surface area (TPSA) is 44.4 Å². The first-order valence-electron chi connectivity index (χ1n) is 9.25.